The Balaban J connectivity index is 1.14. The first-order chi connectivity index (χ1) is 31.7. The average Bonchev–Trinajstić information content (AvgIpc) is 3.98. The molecular weight excluding hydrogens is 809 g/mol. The molecular formula is C65H62N2. The number of rotatable bonds is 2. The van der Waals surface area contributed by atoms with Gasteiger partial charge in [0.05, 0.1) is 27.5 Å². The Morgan fingerprint density at radius 1 is 0.284 bits per heavy atom. The summed E-state index contributed by atoms with van der Waals surface area (Å²) < 4.78 is 5.07. The molecule has 0 radical (unpaired) electrons. The number of aromatic nitrogens is 2. The lowest BCUT2D eigenvalue weighted by Crippen LogP contribution is -2.26. The van der Waals surface area contributed by atoms with Gasteiger partial charge in [-0.2, -0.15) is 0 Å². The second kappa shape index (κ2) is 13.7. The zero-order chi connectivity index (χ0) is 46.7. The summed E-state index contributed by atoms with van der Waals surface area (Å²) in [6.45, 7) is 27.8. The highest BCUT2D eigenvalue weighted by Gasteiger charge is 2.52. The molecule has 0 unspecified atom stereocenters. The van der Waals surface area contributed by atoms with Crippen LogP contribution in [0.25, 0.3) is 77.2 Å². The molecule has 2 aliphatic carbocycles. The Kier molecular flexibility index (Phi) is 8.56. The Morgan fingerprint density at radius 3 is 0.866 bits per heavy atom. The van der Waals surface area contributed by atoms with Crippen LogP contribution in [0.5, 0.6) is 0 Å². The third kappa shape index (κ3) is 5.94. The second-order valence-electron chi connectivity index (χ2n) is 23.9. The van der Waals surface area contributed by atoms with Crippen molar-refractivity contribution in [1.29, 1.82) is 0 Å². The van der Waals surface area contributed by atoms with E-state index in [1.54, 1.807) is 0 Å². The van der Waals surface area contributed by atoms with Crippen molar-refractivity contribution in [2.24, 2.45) is 0 Å². The Hall–Kier alpha value is -6.64. The fourth-order valence-electron chi connectivity index (χ4n) is 11.9. The van der Waals surface area contributed by atoms with E-state index in [1.807, 2.05) is 0 Å². The van der Waals surface area contributed by atoms with Crippen LogP contribution >= 0.6 is 0 Å². The molecule has 2 heterocycles. The Morgan fingerprint density at radius 2 is 0.567 bits per heavy atom. The molecule has 0 bridgehead atoms. The lowest BCUT2D eigenvalue weighted by atomic mass is 9.70. The molecule has 10 aromatic rings. The zero-order valence-electron chi connectivity index (χ0n) is 41.4. The van der Waals surface area contributed by atoms with Gasteiger partial charge in [-0.15, -0.1) is 0 Å². The van der Waals surface area contributed by atoms with E-state index >= 15 is 0 Å². The number of benzene rings is 8. The summed E-state index contributed by atoms with van der Waals surface area (Å²) in [5, 5.41) is 5.24. The molecule has 1 spiro atoms. The third-order valence-electron chi connectivity index (χ3n) is 15.6. The van der Waals surface area contributed by atoms with Crippen molar-refractivity contribution in [3.63, 3.8) is 0 Å². The van der Waals surface area contributed by atoms with Crippen molar-refractivity contribution >= 4 is 43.6 Å². The maximum Gasteiger partial charge on any atom is 0.0727 e. The van der Waals surface area contributed by atoms with Gasteiger partial charge < -0.3 is 9.13 Å². The summed E-state index contributed by atoms with van der Waals surface area (Å²) in [6, 6.07) is 61.8. The van der Waals surface area contributed by atoms with Crippen LogP contribution in [0.15, 0.2) is 158 Å². The number of nitrogens with zero attached hydrogens (tertiary/aromatic N) is 2. The first kappa shape index (κ1) is 41.8. The first-order valence-electron chi connectivity index (χ1n) is 24.4. The predicted molar refractivity (Wildman–Crippen MR) is 286 cm³/mol. The fraction of sp³-hybridized carbons (Fsp3) is 0.262. The van der Waals surface area contributed by atoms with Gasteiger partial charge in [0.15, 0.2) is 0 Å². The number of hydrogen-bond donors (Lipinski definition) is 0. The topological polar surface area (TPSA) is 9.86 Å². The monoisotopic (exact) mass is 870 g/mol. The van der Waals surface area contributed by atoms with Gasteiger partial charge in [-0.05, 0) is 161 Å². The van der Waals surface area contributed by atoms with Crippen molar-refractivity contribution in [2.45, 2.75) is 110 Å². The zero-order valence-corrected chi connectivity index (χ0v) is 41.4. The smallest absolute Gasteiger partial charge is 0.0727 e. The number of hydrogen-bond acceptors (Lipinski definition) is 0. The SMILES string of the molecule is CC(C)(C)c1ccc2c(c1)c1cc(C(C)(C)C)ccc1n2-c1ccc2c(c1)C1(c3ccccc3-c3ccccc31)c1cc(-n3c4ccc(C(C)(C)C)cc4c4cc(C(C)(C)C)ccc43)ccc1-2. The molecule has 0 atom stereocenters. The van der Waals surface area contributed by atoms with E-state index in [4.69, 9.17) is 0 Å². The van der Waals surface area contributed by atoms with E-state index < -0.39 is 5.41 Å². The molecule has 2 aromatic heterocycles. The highest BCUT2D eigenvalue weighted by Crippen LogP contribution is 2.63. The van der Waals surface area contributed by atoms with Crippen LogP contribution in [0.2, 0.25) is 0 Å². The number of fused-ring (bicyclic) bond motifs is 16. The van der Waals surface area contributed by atoms with E-state index in [-0.39, 0.29) is 21.7 Å². The van der Waals surface area contributed by atoms with Gasteiger partial charge in [-0.25, -0.2) is 0 Å². The molecule has 2 aliphatic rings. The lowest BCUT2D eigenvalue weighted by molar-refractivity contribution is 0.590. The van der Waals surface area contributed by atoms with Crippen molar-refractivity contribution in [3.05, 3.63) is 202 Å². The van der Waals surface area contributed by atoms with E-state index in [1.165, 1.54) is 122 Å². The minimum absolute atomic E-state index is 0.0298. The largest absolute Gasteiger partial charge is 0.309 e. The van der Waals surface area contributed by atoms with E-state index in [0.29, 0.717) is 0 Å². The molecule has 8 aromatic carbocycles. The van der Waals surface area contributed by atoms with Crippen LogP contribution in [0.4, 0.5) is 0 Å². The van der Waals surface area contributed by atoms with Crippen LogP contribution < -0.4 is 0 Å². The summed E-state index contributed by atoms with van der Waals surface area (Å²) in [7, 11) is 0. The van der Waals surface area contributed by atoms with Crippen molar-refractivity contribution < 1.29 is 0 Å². The fourth-order valence-corrected chi connectivity index (χ4v) is 11.9. The van der Waals surface area contributed by atoms with Gasteiger partial charge >= 0.3 is 0 Å². The lowest BCUT2D eigenvalue weighted by Gasteiger charge is -2.31. The molecule has 0 N–H and O–H groups in total. The van der Waals surface area contributed by atoms with Gasteiger partial charge in [0, 0.05) is 32.9 Å². The summed E-state index contributed by atoms with van der Waals surface area (Å²) in [4.78, 5) is 0. The standard InChI is InChI=1S/C65H62N2/c1-61(2,3)39-21-29-57-49(33-39)50-34-40(62(4,5)6)22-30-58(50)66(57)43-25-27-47-48-28-26-44(38-56(48)65(55(47)37-43)53-19-15-13-17-45(53)46-18-14-16-20-54(46)65)67-59-31-23-41(63(7,8)9)35-51(59)52-36-42(64(10,11)12)24-32-60(52)67/h13-38H,1-12H3. The van der Waals surface area contributed by atoms with Crippen molar-refractivity contribution in [2.75, 3.05) is 0 Å². The molecule has 0 saturated heterocycles. The van der Waals surface area contributed by atoms with Crippen LogP contribution in [0.1, 0.15) is 128 Å². The molecule has 67 heavy (non-hydrogen) atoms. The normalized spacial score (nSPS) is 14.4. The van der Waals surface area contributed by atoms with Crippen LogP contribution in [-0.2, 0) is 27.1 Å². The quantitative estimate of drug-likeness (QED) is 0.164. The Labute approximate surface area is 396 Å². The minimum atomic E-state index is -0.529. The highest BCUT2D eigenvalue weighted by molar-refractivity contribution is 6.11. The molecule has 2 nitrogen and oxygen atoms in total. The highest BCUT2D eigenvalue weighted by atomic mass is 15.0. The summed E-state index contributed by atoms with van der Waals surface area (Å²) in [5.74, 6) is 0. The molecule has 0 fully saturated rings. The maximum absolute atomic E-state index is 2.55. The molecule has 0 saturated carbocycles. The van der Waals surface area contributed by atoms with Gasteiger partial charge in [0.2, 0.25) is 0 Å². The second-order valence-corrected chi connectivity index (χ2v) is 23.9. The van der Waals surface area contributed by atoms with Crippen LogP contribution in [0, 0.1) is 0 Å². The first-order valence-corrected chi connectivity index (χ1v) is 24.4. The van der Waals surface area contributed by atoms with E-state index in [9.17, 15) is 0 Å². The molecule has 2 heteroatoms. The van der Waals surface area contributed by atoms with Gasteiger partial charge in [0.1, 0.15) is 0 Å². The van der Waals surface area contributed by atoms with E-state index in [2.05, 4.69) is 250 Å². The summed E-state index contributed by atoms with van der Waals surface area (Å²) >= 11 is 0. The summed E-state index contributed by atoms with van der Waals surface area (Å²) in [6.07, 6.45) is 0. The van der Waals surface area contributed by atoms with Gasteiger partial charge in [0.25, 0.3) is 0 Å². The van der Waals surface area contributed by atoms with Crippen molar-refractivity contribution in [3.8, 4) is 33.6 Å². The van der Waals surface area contributed by atoms with Crippen LogP contribution in [0.3, 0.4) is 0 Å². The molecule has 12 rings (SSSR count). The Bertz CT molecular complexity index is 3330. The maximum atomic E-state index is 2.55. The van der Waals surface area contributed by atoms with Crippen LogP contribution in [-0.4, -0.2) is 9.13 Å². The average molecular weight is 871 g/mol. The van der Waals surface area contributed by atoms with Gasteiger partial charge in [-0.3, -0.25) is 0 Å². The van der Waals surface area contributed by atoms with Gasteiger partial charge in [-0.1, -0.05) is 168 Å². The molecule has 332 valence electrons. The third-order valence-corrected chi connectivity index (χ3v) is 15.6. The van der Waals surface area contributed by atoms with Crippen molar-refractivity contribution in [1.82, 2.24) is 9.13 Å². The molecule has 0 aliphatic heterocycles. The molecule has 0 amide bonds. The predicted octanol–water partition coefficient (Wildman–Crippen LogP) is 17.4. The van der Waals surface area contributed by atoms with E-state index in [0.717, 1.165) is 0 Å². The minimum Gasteiger partial charge on any atom is -0.309 e. The summed E-state index contributed by atoms with van der Waals surface area (Å²) in [5.41, 5.74) is 23.0.